The maximum atomic E-state index is 12.5. The SMILES string of the molecule is Cc1cnn(CCNc2ccc(C(=O)c3ccccc3)cc2[N+](=O)[O-])c1. The molecule has 0 aliphatic rings. The summed E-state index contributed by atoms with van der Waals surface area (Å²) in [5.74, 6) is -0.243. The van der Waals surface area contributed by atoms with Gasteiger partial charge >= 0.3 is 0 Å². The summed E-state index contributed by atoms with van der Waals surface area (Å²) in [7, 11) is 0. The van der Waals surface area contributed by atoms with E-state index in [0.717, 1.165) is 5.56 Å². The first-order chi connectivity index (χ1) is 12.5. The molecule has 7 nitrogen and oxygen atoms in total. The van der Waals surface area contributed by atoms with Gasteiger partial charge in [0.2, 0.25) is 0 Å². The Morgan fingerprint density at radius 3 is 2.62 bits per heavy atom. The summed E-state index contributed by atoms with van der Waals surface area (Å²) < 4.78 is 1.77. The predicted molar refractivity (Wildman–Crippen MR) is 98.4 cm³/mol. The quantitative estimate of drug-likeness (QED) is 0.400. The van der Waals surface area contributed by atoms with Crippen LogP contribution in [0.2, 0.25) is 0 Å². The van der Waals surface area contributed by atoms with E-state index in [1.54, 1.807) is 47.3 Å². The van der Waals surface area contributed by atoms with Gasteiger partial charge in [0.1, 0.15) is 5.69 Å². The first-order valence-electron chi connectivity index (χ1n) is 8.16. The lowest BCUT2D eigenvalue weighted by Crippen LogP contribution is -2.12. The molecule has 0 saturated carbocycles. The number of anilines is 1. The Kier molecular flexibility index (Phi) is 5.07. The molecule has 0 unspecified atom stereocenters. The van der Waals surface area contributed by atoms with Crippen LogP contribution >= 0.6 is 0 Å². The van der Waals surface area contributed by atoms with Crippen molar-refractivity contribution in [1.29, 1.82) is 0 Å². The molecule has 0 fully saturated rings. The predicted octanol–water partition coefficient (Wildman–Crippen LogP) is 3.44. The molecule has 0 saturated heterocycles. The number of aryl methyl sites for hydroxylation is 1. The van der Waals surface area contributed by atoms with Gasteiger partial charge in [-0.3, -0.25) is 19.6 Å². The van der Waals surface area contributed by atoms with Gasteiger partial charge in [-0.05, 0) is 24.6 Å². The molecule has 3 aromatic rings. The normalized spacial score (nSPS) is 10.5. The Bertz CT molecular complexity index is 935. The largest absolute Gasteiger partial charge is 0.378 e. The van der Waals surface area contributed by atoms with E-state index in [4.69, 9.17) is 0 Å². The van der Waals surface area contributed by atoms with Crippen LogP contribution in [0.1, 0.15) is 21.5 Å². The molecule has 1 aromatic heterocycles. The molecule has 0 aliphatic carbocycles. The summed E-state index contributed by atoms with van der Waals surface area (Å²) in [6.07, 6.45) is 3.66. The highest BCUT2D eigenvalue weighted by molar-refractivity contribution is 6.09. The lowest BCUT2D eigenvalue weighted by molar-refractivity contribution is -0.384. The van der Waals surface area contributed by atoms with Gasteiger partial charge in [-0.15, -0.1) is 0 Å². The highest BCUT2D eigenvalue weighted by atomic mass is 16.6. The zero-order chi connectivity index (χ0) is 18.5. The van der Waals surface area contributed by atoms with Crippen LogP contribution < -0.4 is 5.32 Å². The van der Waals surface area contributed by atoms with E-state index >= 15 is 0 Å². The van der Waals surface area contributed by atoms with Gasteiger partial charge in [0, 0.05) is 29.9 Å². The Morgan fingerprint density at radius 2 is 1.96 bits per heavy atom. The lowest BCUT2D eigenvalue weighted by atomic mass is 10.0. The van der Waals surface area contributed by atoms with Crippen molar-refractivity contribution in [2.24, 2.45) is 0 Å². The van der Waals surface area contributed by atoms with Crippen molar-refractivity contribution in [1.82, 2.24) is 9.78 Å². The number of nitrogens with zero attached hydrogens (tertiary/aromatic N) is 3. The average molecular weight is 350 g/mol. The van der Waals surface area contributed by atoms with E-state index < -0.39 is 4.92 Å². The summed E-state index contributed by atoms with van der Waals surface area (Å²) in [4.78, 5) is 23.4. The third-order valence-corrected chi connectivity index (χ3v) is 3.91. The zero-order valence-electron chi connectivity index (χ0n) is 14.3. The Balaban J connectivity index is 1.76. The number of nitrogens with one attached hydrogen (secondary N) is 1. The van der Waals surface area contributed by atoms with Gasteiger partial charge in [0.15, 0.2) is 5.78 Å². The molecule has 3 rings (SSSR count). The van der Waals surface area contributed by atoms with Crippen LogP contribution in [0, 0.1) is 17.0 Å². The maximum absolute atomic E-state index is 12.5. The van der Waals surface area contributed by atoms with Gasteiger partial charge < -0.3 is 5.32 Å². The molecule has 1 N–H and O–H groups in total. The van der Waals surface area contributed by atoms with Crippen molar-refractivity contribution in [2.75, 3.05) is 11.9 Å². The molecular weight excluding hydrogens is 332 g/mol. The molecule has 2 aromatic carbocycles. The van der Waals surface area contributed by atoms with E-state index in [0.29, 0.717) is 24.3 Å². The van der Waals surface area contributed by atoms with Crippen LogP contribution in [0.3, 0.4) is 0 Å². The van der Waals surface area contributed by atoms with Gasteiger partial charge in [-0.25, -0.2) is 0 Å². The fraction of sp³-hybridized carbons (Fsp3) is 0.158. The van der Waals surface area contributed by atoms with E-state index in [1.807, 2.05) is 19.2 Å². The number of nitro benzene ring substituents is 1. The van der Waals surface area contributed by atoms with Crippen molar-refractivity contribution in [3.63, 3.8) is 0 Å². The van der Waals surface area contributed by atoms with E-state index in [1.165, 1.54) is 6.07 Å². The number of benzene rings is 2. The number of nitro groups is 1. The van der Waals surface area contributed by atoms with Crippen LogP contribution in [-0.4, -0.2) is 27.0 Å². The Labute approximate surface area is 150 Å². The fourth-order valence-corrected chi connectivity index (χ4v) is 2.62. The molecule has 0 amide bonds. The second-order valence-corrected chi connectivity index (χ2v) is 5.89. The topological polar surface area (TPSA) is 90.1 Å². The fourth-order valence-electron chi connectivity index (χ4n) is 2.62. The monoisotopic (exact) mass is 350 g/mol. The second-order valence-electron chi connectivity index (χ2n) is 5.89. The maximum Gasteiger partial charge on any atom is 0.293 e. The van der Waals surface area contributed by atoms with Crippen LogP contribution in [0.25, 0.3) is 0 Å². The summed E-state index contributed by atoms with van der Waals surface area (Å²) in [6, 6.07) is 13.2. The Morgan fingerprint density at radius 1 is 1.19 bits per heavy atom. The van der Waals surface area contributed by atoms with Crippen LogP contribution in [0.4, 0.5) is 11.4 Å². The standard InChI is InChI=1S/C19H18N4O3/c1-14-12-21-22(13-14)10-9-20-17-8-7-16(11-18(17)23(25)26)19(24)15-5-3-2-4-6-15/h2-8,11-13,20H,9-10H2,1H3. The molecule has 0 bridgehead atoms. The van der Waals surface area contributed by atoms with Gasteiger partial charge in [0.25, 0.3) is 5.69 Å². The average Bonchev–Trinajstić information content (AvgIpc) is 3.07. The number of ketones is 1. The van der Waals surface area contributed by atoms with Crippen LogP contribution in [0.5, 0.6) is 0 Å². The van der Waals surface area contributed by atoms with Crippen molar-refractivity contribution in [3.05, 3.63) is 87.7 Å². The highest BCUT2D eigenvalue weighted by Crippen LogP contribution is 2.26. The number of carbonyl (C=O) groups is 1. The summed E-state index contributed by atoms with van der Waals surface area (Å²) in [5, 5.41) is 18.6. The zero-order valence-corrected chi connectivity index (χ0v) is 14.3. The molecule has 132 valence electrons. The first kappa shape index (κ1) is 17.3. The second kappa shape index (κ2) is 7.60. The molecule has 0 spiro atoms. The molecule has 7 heteroatoms. The summed E-state index contributed by atoms with van der Waals surface area (Å²) >= 11 is 0. The minimum Gasteiger partial charge on any atom is -0.378 e. The minimum absolute atomic E-state index is 0.122. The van der Waals surface area contributed by atoms with Crippen molar-refractivity contribution in [2.45, 2.75) is 13.5 Å². The third kappa shape index (κ3) is 3.94. The summed E-state index contributed by atoms with van der Waals surface area (Å²) in [6.45, 7) is 3.01. The number of aromatic nitrogens is 2. The third-order valence-electron chi connectivity index (χ3n) is 3.91. The number of carbonyl (C=O) groups excluding carboxylic acids is 1. The minimum atomic E-state index is -0.484. The number of rotatable bonds is 7. The molecule has 26 heavy (non-hydrogen) atoms. The van der Waals surface area contributed by atoms with Gasteiger partial charge in [0.05, 0.1) is 17.7 Å². The number of hydrogen-bond donors (Lipinski definition) is 1. The molecule has 0 atom stereocenters. The molecule has 0 aliphatic heterocycles. The van der Waals surface area contributed by atoms with Gasteiger partial charge in [-0.2, -0.15) is 5.10 Å². The molecule has 1 heterocycles. The van der Waals surface area contributed by atoms with Crippen molar-refractivity contribution in [3.8, 4) is 0 Å². The summed E-state index contributed by atoms with van der Waals surface area (Å²) in [5.41, 5.74) is 2.10. The van der Waals surface area contributed by atoms with E-state index in [-0.39, 0.29) is 17.0 Å². The Hall–Kier alpha value is -3.48. The van der Waals surface area contributed by atoms with Gasteiger partial charge in [-0.1, -0.05) is 30.3 Å². The van der Waals surface area contributed by atoms with E-state index in [2.05, 4.69) is 10.4 Å². The smallest absolute Gasteiger partial charge is 0.293 e. The van der Waals surface area contributed by atoms with Crippen molar-refractivity contribution < 1.29 is 9.72 Å². The molecular formula is C19H18N4O3. The van der Waals surface area contributed by atoms with Crippen LogP contribution in [-0.2, 0) is 6.54 Å². The van der Waals surface area contributed by atoms with Crippen molar-refractivity contribution >= 4 is 17.2 Å². The highest BCUT2D eigenvalue weighted by Gasteiger charge is 2.18. The lowest BCUT2D eigenvalue weighted by Gasteiger charge is -2.09. The first-order valence-corrected chi connectivity index (χ1v) is 8.16. The number of hydrogen-bond acceptors (Lipinski definition) is 5. The van der Waals surface area contributed by atoms with E-state index in [9.17, 15) is 14.9 Å². The molecule has 0 radical (unpaired) electrons. The van der Waals surface area contributed by atoms with Crippen LogP contribution in [0.15, 0.2) is 60.9 Å².